The maximum atomic E-state index is 7.99. The molecule has 0 saturated carbocycles. The van der Waals surface area contributed by atoms with Crippen molar-refractivity contribution in [3.8, 4) is 0 Å². The Hall–Kier alpha value is -1.68. The molecule has 2 aromatic rings. The molecule has 2 aromatic heterocycles. The zero-order valence-corrected chi connectivity index (χ0v) is 9.14. The number of hydrogen-bond acceptors (Lipinski definition) is 4. The number of pyridine rings is 1. The molecule has 0 aliphatic carbocycles. The van der Waals surface area contributed by atoms with Crippen LogP contribution in [0.3, 0.4) is 0 Å². The van der Waals surface area contributed by atoms with Gasteiger partial charge < -0.3 is 5.73 Å². The molecule has 0 amide bonds. The van der Waals surface area contributed by atoms with Crippen molar-refractivity contribution in [1.29, 1.82) is 5.41 Å². The largest absolute Gasteiger partial charge is 0.383 e. The highest BCUT2D eigenvalue weighted by atomic mass is 32.1. The van der Waals surface area contributed by atoms with Crippen molar-refractivity contribution in [2.45, 2.75) is 6.92 Å². The van der Waals surface area contributed by atoms with Gasteiger partial charge in [0, 0.05) is 11.3 Å². The molecule has 3 N–H and O–H groups in total. The van der Waals surface area contributed by atoms with Gasteiger partial charge in [-0.25, -0.2) is 4.98 Å². The Bertz CT molecular complexity index is 489. The lowest BCUT2D eigenvalue weighted by atomic mass is 10.1. The predicted molar refractivity (Wildman–Crippen MR) is 63.6 cm³/mol. The van der Waals surface area contributed by atoms with E-state index in [2.05, 4.69) is 4.98 Å². The van der Waals surface area contributed by atoms with E-state index in [-0.39, 0.29) is 0 Å². The summed E-state index contributed by atoms with van der Waals surface area (Å²) in [5.41, 5.74) is 7.79. The summed E-state index contributed by atoms with van der Waals surface area (Å²) >= 11 is 1.53. The van der Waals surface area contributed by atoms with Gasteiger partial charge in [0.15, 0.2) is 0 Å². The van der Waals surface area contributed by atoms with E-state index in [0.29, 0.717) is 17.1 Å². The van der Waals surface area contributed by atoms with Gasteiger partial charge in [-0.05, 0) is 30.5 Å². The van der Waals surface area contributed by atoms with E-state index in [1.807, 2.05) is 36.6 Å². The van der Waals surface area contributed by atoms with Gasteiger partial charge in [-0.1, -0.05) is 6.07 Å². The third-order valence-electron chi connectivity index (χ3n) is 2.10. The van der Waals surface area contributed by atoms with Crippen LogP contribution in [-0.2, 0) is 0 Å². The van der Waals surface area contributed by atoms with Gasteiger partial charge in [0.1, 0.15) is 5.82 Å². The SMILES string of the molecule is Cc1ccc(C(=N)c2cccs2)c(N)n1. The van der Waals surface area contributed by atoms with E-state index in [1.54, 1.807) is 0 Å². The molecular formula is C11H11N3S. The first kappa shape index (κ1) is 9.86. The number of hydrogen-bond donors (Lipinski definition) is 2. The van der Waals surface area contributed by atoms with Crippen LogP contribution in [0.25, 0.3) is 0 Å². The van der Waals surface area contributed by atoms with Crippen LogP contribution in [0.1, 0.15) is 16.1 Å². The van der Waals surface area contributed by atoms with Gasteiger partial charge in [0.25, 0.3) is 0 Å². The van der Waals surface area contributed by atoms with E-state index >= 15 is 0 Å². The summed E-state index contributed by atoms with van der Waals surface area (Å²) in [6.45, 7) is 1.88. The zero-order chi connectivity index (χ0) is 10.8. The fourth-order valence-electron chi connectivity index (χ4n) is 1.34. The average Bonchev–Trinajstić information content (AvgIpc) is 2.69. The third kappa shape index (κ3) is 1.89. The summed E-state index contributed by atoms with van der Waals surface area (Å²) in [7, 11) is 0. The van der Waals surface area contributed by atoms with Gasteiger partial charge in [0.05, 0.1) is 10.6 Å². The quantitative estimate of drug-likeness (QED) is 0.759. The van der Waals surface area contributed by atoms with E-state index < -0.39 is 0 Å². The van der Waals surface area contributed by atoms with Crippen molar-refractivity contribution in [3.63, 3.8) is 0 Å². The number of nitrogens with one attached hydrogen (secondary N) is 1. The van der Waals surface area contributed by atoms with Crippen molar-refractivity contribution < 1.29 is 0 Å². The number of nitrogen functional groups attached to an aromatic ring is 1. The van der Waals surface area contributed by atoms with Gasteiger partial charge in [-0.3, -0.25) is 5.41 Å². The number of nitrogens with zero attached hydrogens (tertiary/aromatic N) is 1. The van der Waals surface area contributed by atoms with Gasteiger partial charge in [-0.2, -0.15) is 0 Å². The number of thiophene rings is 1. The summed E-state index contributed by atoms with van der Waals surface area (Å²) < 4.78 is 0. The van der Waals surface area contributed by atoms with Crippen molar-refractivity contribution in [2.75, 3.05) is 5.73 Å². The molecule has 3 nitrogen and oxygen atoms in total. The molecule has 15 heavy (non-hydrogen) atoms. The minimum absolute atomic E-state index is 0.424. The molecule has 0 fully saturated rings. The smallest absolute Gasteiger partial charge is 0.133 e. The maximum absolute atomic E-state index is 7.99. The standard InChI is InChI=1S/C11H11N3S/c1-7-4-5-8(11(13)14-7)10(12)9-3-2-6-15-9/h2-6,12H,1H3,(H2,13,14). The lowest BCUT2D eigenvalue weighted by Crippen LogP contribution is -2.06. The predicted octanol–water partition coefficient (Wildman–Crippen LogP) is 2.45. The molecule has 76 valence electrons. The molecule has 2 rings (SSSR count). The zero-order valence-electron chi connectivity index (χ0n) is 8.32. The highest BCUT2D eigenvalue weighted by Crippen LogP contribution is 2.18. The lowest BCUT2D eigenvalue weighted by Gasteiger charge is -2.05. The molecule has 0 bridgehead atoms. The van der Waals surface area contributed by atoms with Crippen LogP contribution >= 0.6 is 11.3 Å². The van der Waals surface area contributed by atoms with Crippen LogP contribution < -0.4 is 5.73 Å². The van der Waals surface area contributed by atoms with Crippen molar-refractivity contribution in [1.82, 2.24) is 4.98 Å². The fourth-order valence-corrected chi connectivity index (χ4v) is 2.03. The second kappa shape index (κ2) is 3.82. The summed E-state index contributed by atoms with van der Waals surface area (Å²) in [6, 6.07) is 7.55. The highest BCUT2D eigenvalue weighted by Gasteiger charge is 2.09. The maximum Gasteiger partial charge on any atom is 0.133 e. The normalized spacial score (nSPS) is 10.2. The monoisotopic (exact) mass is 217 g/mol. The molecule has 0 saturated heterocycles. The summed E-state index contributed by atoms with van der Waals surface area (Å²) in [4.78, 5) is 5.06. The highest BCUT2D eigenvalue weighted by molar-refractivity contribution is 7.12. The Morgan fingerprint density at radius 1 is 1.40 bits per heavy atom. The summed E-state index contributed by atoms with van der Waals surface area (Å²) in [5.74, 6) is 0.424. The molecule has 0 aromatic carbocycles. The third-order valence-corrected chi connectivity index (χ3v) is 2.99. The Kier molecular flexibility index (Phi) is 2.51. The molecule has 4 heteroatoms. The molecule has 0 aliphatic heterocycles. The lowest BCUT2D eigenvalue weighted by molar-refractivity contribution is 1.20. The van der Waals surface area contributed by atoms with Crippen LogP contribution in [0.4, 0.5) is 5.82 Å². The van der Waals surface area contributed by atoms with Gasteiger partial charge in [0.2, 0.25) is 0 Å². The minimum atomic E-state index is 0.424. The number of rotatable bonds is 2. The number of nitrogens with two attached hydrogens (primary N) is 1. The Morgan fingerprint density at radius 2 is 2.20 bits per heavy atom. The van der Waals surface area contributed by atoms with Crippen LogP contribution in [0.15, 0.2) is 29.6 Å². The molecule has 0 spiro atoms. The van der Waals surface area contributed by atoms with Gasteiger partial charge >= 0.3 is 0 Å². The van der Waals surface area contributed by atoms with Crippen molar-refractivity contribution in [3.05, 3.63) is 45.8 Å². The number of anilines is 1. The Morgan fingerprint density at radius 3 is 2.80 bits per heavy atom. The second-order valence-electron chi connectivity index (χ2n) is 3.24. The molecule has 0 unspecified atom stereocenters. The molecule has 0 radical (unpaired) electrons. The first-order valence-corrected chi connectivity index (χ1v) is 5.42. The van der Waals surface area contributed by atoms with E-state index in [1.165, 1.54) is 11.3 Å². The Balaban J connectivity index is 2.42. The van der Waals surface area contributed by atoms with Crippen LogP contribution in [-0.4, -0.2) is 10.7 Å². The molecule has 0 aliphatic rings. The molecule has 2 heterocycles. The van der Waals surface area contributed by atoms with Crippen molar-refractivity contribution >= 4 is 22.9 Å². The Labute approximate surface area is 92.1 Å². The van der Waals surface area contributed by atoms with E-state index in [4.69, 9.17) is 11.1 Å². The van der Waals surface area contributed by atoms with Crippen LogP contribution in [0.5, 0.6) is 0 Å². The second-order valence-corrected chi connectivity index (χ2v) is 4.19. The molecule has 0 atom stereocenters. The number of aromatic nitrogens is 1. The van der Waals surface area contributed by atoms with Gasteiger partial charge in [-0.15, -0.1) is 11.3 Å². The first-order chi connectivity index (χ1) is 7.18. The van der Waals surface area contributed by atoms with E-state index in [9.17, 15) is 0 Å². The van der Waals surface area contributed by atoms with E-state index in [0.717, 1.165) is 10.6 Å². The first-order valence-electron chi connectivity index (χ1n) is 4.54. The fraction of sp³-hybridized carbons (Fsp3) is 0.0909. The van der Waals surface area contributed by atoms with Crippen molar-refractivity contribution in [2.24, 2.45) is 0 Å². The molecular weight excluding hydrogens is 206 g/mol. The topological polar surface area (TPSA) is 62.8 Å². The minimum Gasteiger partial charge on any atom is -0.383 e. The summed E-state index contributed by atoms with van der Waals surface area (Å²) in [6.07, 6.45) is 0. The van der Waals surface area contributed by atoms with Crippen LogP contribution in [0, 0.1) is 12.3 Å². The van der Waals surface area contributed by atoms with Crippen LogP contribution in [0.2, 0.25) is 0 Å². The number of aryl methyl sites for hydroxylation is 1. The summed E-state index contributed by atoms with van der Waals surface area (Å²) in [5, 5.41) is 9.94. The average molecular weight is 217 g/mol.